The van der Waals surface area contributed by atoms with Crippen molar-refractivity contribution in [3.63, 3.8) is 0 Å². The van der Waals surface area contributed by atoms with E-state index >= 15 is 0 Å². The minimum atomic E-state index is -0.824. The maximum absolute atomic E-state index is 13.6. The third kappa shape index (κ3) is 5.54. The van der Waals surface area contributed by atoms with E-state index in [1.165, 1.54) is 17.8 Å². The summed E-state index contributed by atoms with van der Waals surface area (Å²) in [4.78, 5) is 12.1. The van der Waals surface area contributed by atoms with Gasteiger partial charge in [-0.15, -0.1) is 10.2 Å². The third-order valence-electron chi connectivity index (χ3n) is 4.04. The molecule has 29 heavy (non-hydrogen) atoms. The van der Waals surface area contributed by atoms with Crippen LogP contribution >= 0.6 is 11.8 Å². The smallest absolute Gasteiger partial charge is 0.234 e. The summed E-state index contributed by atoms with van der Waals surface area (Å²) in [6, 6.07) is 10.7. The fourth-order valence-electron chi connectivity index (χ4n) is 2.54. The van der Waals surface area contributed by atoms with Crippen LogP contribution in [-0.2, 0) is 17.9 Å². The number of benzene rings is 2. The Balaban J connectivity index is 1.58. The van der Waals surface area contributed by atoms with Crippen molar-refractivity contribution in [2.45, 2.75) is 32.2 Å². The van der Waals surface area contributed by atoms with E-state index in [4.69, 9.17) is 4.74 Å². The normalized spacial score (nSPS) is 10.8. The van der Waals surface area contributed by atoms with E-state index in [1.807, 2.05) is 42.7 Å². The minimum Gasteiger partial charge on any atom is -0.486 e. The van der Waals surface area contributed by atoms with Crippen LogP contribution < -0.4 is 10.1 Å². The van der Waals surface area contributed by atoms with Crippen molar-refractivity contribution in [1.29, 1.82) is 0 Å². The van der Waals surface area contributed by atoms with Crippen LogP contribution in [0.25, 0.3) is 0 Å². The topological polar surface area (TPSA) is 69.0 Å². The standard InChI is InChI=1S/C20H20F2N4O2S/c1-3-26-18(11-28-15-7-4-13(2)5-8-15)24-25-20(26)29-12-19(27)23-17-9-6-14(21)10-16(17)22/h4-10H,3,11-12H2,1-2H3,(H,23,27). The van der Waals surface area contributed by atoms with Gasteiger partial charge in [0.05, 0.1) is 11.4 Å². The molecule has 0 atom stereocenters. The zero-order valence-electron chi connectivity index (χ0n) is 16.0. The van der Waals surface area contributed by atoms with Crippen LogP contribution in [0.5, 0.6) is 5.75 Å². The summed E-state index contributed by atoms with van der Waals surface area (Å²) >= 11 is 1.18. The molecule has 0 fully saturated rings. The second kappa shape index (κ2) is 9.51. The van der Waals surface area contributed by atoms with Gasteiger partial charge in [-0.2, -0.15) is 0 Å². The number of nitrogens with one attached hydrogen (secondary N) is 1. The number of aryl methyl sites for hydroxylation is 1. The predicted octanol–water partition coefficient (Wildman–Crippen LogP) is 4.19. The van der Waals surface area contributed by atoms with Crippen LogP contribution in [0.15, 0.2) is 47.6 Å². The number of hydrogen-bond donors (Lipinski definition) is 1. The molecule has 0 saturated heterocycles. The van der Waals surface area contributed by atoms with E-state index in [2.05, 4.69) is 15.5 Å². The van der Waals surface area contributed by atoms with Gasteiger partial charge in [-0.1, -0.05) is 29.5 Å². The van der Waals surface area contributed by atoms with E-state index in [0.717, 1.165) is 23.4 Å². The van der Waals surface area contributed by atoms with Crippen molar-refractivity contribution >= 4 is 23.4 Å². The highest BCUT2D eigenvalue weighted by Gasteiger charge is 2.15. The van der Waals surface area contributed by atoms with Crippen LogP contribution in [0.2, 0.25) is 0 Å². The van der Waals surface area contributed by atoms with Crippen LogP contribution in [0.1, 0.15) is 18.3 Å². The number of carbonyl (C=O) groups excluding carboxylic acids is 1. The first-order chi connectivity index (χ1) is 14.0. The van der Waals surface area contributed by atoms with Crippen molar-refractivity contribution in [2.75, 3.05) is 11.1 Å². The molecule has 152 valence electrons. The molecule has 1 amide bonds. The zero-order chi connectivity index (χ0) is 20.8. The molecule has 0 bridgehead atoms. The summed E-state index contributed by atoms with van der Waals surface area (Å²) in [7, 11) is 0. The molecular weight excluding hydrogens is 398 g/mol. The molecule has 2 aromatic carbocycles. The fraction of sp³-hybridized carbons (Fsp3) is 0.250. The van der Waals surface area contributed by atoms with Gasteiger partial charge in [0.2, 0.25) is 5.91 Å². The Morgan fingerprint density at radius 3 is 2.62 bits per heavy atom. The van der Waals surface area contributed by atoms with Gasteiger partial charge >= 0.3 is 0 Å². The second-order valence-corrected chi connectivity index (χ2v) is 7.15. The summed E-state index contributed by atoms with van der Waals surface area (Å²) in [5.74, 6) is -0.574. The lowest BCUT2D eigenvalue weighted by atomic mass is 10.2. The van der Waals surface area contributed by atoms with Crippen molar-refractivity contribution in [3.8, 4) is 5.75 Å². The average molecular weight is 418 g/mol. The molecule has 1 aromatic heterocycles. The molecule has 0 aliphatic carbocycles. The Morgan fingerprint density at radius 1 is 1.17 bits per heavy atom. The van der Waals surface area contributed by atoms with Crippen molar-refractivity contribution < 1.29 is 18.3 Å². The Bertz CT molecular complexity index is 993. The number of aromatic nitrogens is 3. The summed E-state index contributed by atoms with van der Waals surface area (Å²) in [6.07, 6.45) is 0. The quantitative estimate of drug-likeness (QED) is 0.556. The van der Waals surface area contributed by atoms with Crippen LogP contribution in [0, 0.1) is 18.6 Å². The molecule has 6 nitrogen and oxygen atoms in total. The number of hydrogen-bond acceptors (Lipinski definition) is 5. The second-order valence-electron chi connectivity index (χ2n) is 6.21. The first-order valence-corrected chi connectivity index (χ1v) is 9.94. The number of carbonyl (C=O) groups is 1. The van der Waals surface area contributed by atoms with Gasteiger partial charge in [0.25, 0.3) is 0 Å². The van der Waals surface area contributed by atoms with Crippen LogP contribution in [0.4, 0.5) is 14.5 Å². The molecule has 3 aromatic rings. The Hall–Kier alpha value is -2.94. The zero-order valence-corrected chi connectivity index (χ0v) is 16.8. The molecule has 1 heterocycles. The first kappa shape index (κ1) is 20.8. The molecule has 0 aliphatic heterocycles. The molecule has 0 aliphatic rings. The van der Waals surface area contributed by atoms with Gasteiger partial charge in [-0.05, 0) is 38.1 Å². The van der Waals surface area contributed by atoms with Gasteiger partial charge in [-0.25, -0.2) is 8.78 Å². The number of nitrogens with zero attached hydrogens (tertiary/aromatic N) is 3. The Kier molecular flexibility index (Phi) is 6.82. The summed E-state index contributed by atoms with van der Waals surface area (Å²) in [6.45, 7) is 4.80. The van der Waals surface area contributed by atoms with Crippen LogP contribution in [-0.4, -0.2) is 26.4 Å². The number of rotatable bonds is 8. The average Bonchev–Trinajstić information content (AvgIpc) is 3.10. The van der Waals surface area contributed by atoms with E-state index in [1.54, 1.807) is 0 Å². The van der Waals surface area contributed by atoms with Crippen molar-refractivity contribution in [2.24, 2.45) is 0 Å². The highest BCUT2D eigenvalue weighted by Crippen LogP contribution is 2.20. The van der Waals surface area contributed by atoms with Crippen molar-refractivity contribution in [3.05, 3.63) is 65.5 Å². The lowest BCUT2D eigenvalue weighted by Gasteiger charge is -2.09. The molecule has 0 unspecified atom stereocenters. The highest BCUT2D eigenvalue weighted by atomic mass is 32.2. The summed E-state index contributed by atoms with van der Waals surface area (Å²) in [5.41, 5.74) is 1.08. The highest BCUT2D eigenvalue weighted by molar-refractivity contribution is 7.99. The van der Waals surface area contributed by atoms with E-state index in [-0.39, 0.29) is 18.0 Å². The van der Waals surface area contributed by atoms with Gasteiger partial charge in [0.15, 0.2) is 11.0 Å². The number of halogens is 2. The van der Waals surface area contributed by atoms with E-state index < -0.39 is 17.5 Å². The third-order valence-corrected chi connectivity index (χ3v) is 5.00. The number of thioether (sulfide) groups is 1. The Morgan fingerprint density at radius 2 is 1.93 bits per heavy atom. The van der Waals surface area contributed by atoms with E-state index in [0.29, 0.717) is 17.5 Å². The molecule has 0 radical (unpaired) electrons. The van der Waals surface area contributed by atoms with Gasteiger partial charge < -0.3 is 14.6 Å². The number of amides is 1. The monoisotopic (exact) mass is 418 g/mol. The summed E-state index contributed by atoms with van der Waals surface area (Å²) < 4.78 is 34.2. The molecule has 0 spiro atoms. The van der Waals surface area contributed by atoms with Crippen molar-refractivity contribution in [1.82, 2.24) is 14.8 Å². The first-order valence-electron chi connectivity index (χ1n) is 8.95. The maximum Gasteiger partial charge on any atom is 0.234 e. The molecule has 1 N–H and O–H groups in total. The molecule has 9 heteroatoms. The minimum absolute atomic E-state index is 0.00771. The predicted molar refractivity (Wildman–Crippen MR) is 107 cm³/mol. The Labute approximate surface area is 171 Å². The largest absolute Gasteiger partial charge is 0.486 e. The van der Waals surface area contributed by atoms with Gasteiger partial charge in [-0.3, -0.25) is 4.79 Å². The fourth-order valence-corrected chi connectivity index (χ4v) is 3.36. The van der Waals surface area contributed by atoms with Gasteiger partial charge in [0.1, 0.15) is 24.0 Å². The SMILES string of the molecule is CCn1c(COc2ccc(C)cc2)nnc1SCC(=O)Nc1ccc(F)cc1F. The molecule has 0 saturated carbocycles. The van der Waals surface area contributed by atoms with Crippen LogP contribution in [0.3, 0.4) is 0 Å². The maximum atomic E-state index is 13.6. The van der Waals surface area contributed by atoms with E-state index in [9.17, 15) is 13.6 Å². The lowest BCUT2D eigenvalue weighted by Crippen LogP contribution is -2.16. The number of ether oxygens (including phenoxy) is 1. The molecular formula is C20H20F2N4O2S. The lowest BCUT2D eigenvalue weighted by molar-refractivity contribution is -0.113. The summed E-state index contributed by atoms with van der Waals surface area (Å²) in [5, 5.41) is 11.2. The number of anilines is 1. The molecule has 3 rings (SSSR count). The van der Waals surface area contributed by atoms with Gasteiger partial charge in [0, 0.05) is 12.6 Å².